The van der Waals surface area contributed by atoms with Crippen molar-refractivity contribution in [2.75, 3.05) is 31.1 Å². The van der Waals surface area contributed by atoms with Crippen LogP contribution in [0.15, 0.2) is 42.5 Å². The summed E-state index contributed by atoms with van der Waals surface area (Å²) < 4.78 is 13.9. The first-order valence-corrected chi connectivity index (χ1v) is 9.76. The molecule has 142 valence electrons. The van der Waals surface area contributed by atoms with Crippen molar-refractivity contribution in [1.82, 2.24) is 10.2 Å². The number of amides is 2. The molecule has 0 aromatic heterocycles. The van der Waals surface area contributed by atoms with E-state index in [1.807, 2.05) is 11.0 Å². The minimum absolute atomic E-state index is 0.0390. The maximum atomic E-state index is 13.9. The first-order valence-electron chi connectivity index (χ1n) is 9.76. The van der Waals surface area contributed by atoms with Gasteiger partial charge in [-0.1, -0.05) is 29.8 Å². The summed E-state index contributed by atoms with van der Waals surface area (Å²) in [7, 11) is 0. The van der Waals surface area contributed by atoms with E-state index in [0.717, 1.165) is 43.6 Å². The van der Waals surface area contributed by atoms with Crippen molar-refractivity contribution in [2.24, 2.45) is 0 Å². The fourth-order valence-electron chi connectivity index (χ4n) is 4.13. The number of hydrogen-bond donors (Lipinski definition) is 1. The van der Waals surface area contributed by atoms with Crippen LogP contribution in [-0.4, -0.2) is 37.1 Å². The van der Waals surface area contributed by atoms with E-state index in [-0.39, 0.29) is 17.9 Å². The molecule has 0 bridgehead atoms. The topological polar surface area (TPSA) is 35.6 Å². The molecular formula is C22H26FN3O. The van der Waals surface area contributed by atoms with Gasteiger partial charge in [-0.05, 0) is 55.5 Å². The summed E-state index contributed by atoms with van der Waals surface area (Å²) in [5.74, 6) is -0.159. The Morgan fingerprint density at radius 1 is 1.07 bits per heavy atom. The lowest BCUT2D eigenvalue weighted by molar-refractivity contribution is 0.197. The highest BCUT2D eigenvalue weighted by Crippen LogP contribution is 2.32. The molecular weight excluding hydrogens is 341 g/mol. The van der Waals surface area contributed by atoms with Crippen LogP contribution in [0.1, 0.15) is 35.6 Å². The average Bonchev–Trinajstić information content (AvgIpc) is 2.92. The molecule has 1 aliphatic carbocycles. The van der Waals surface area contributed by atoms with Crippen LogP contribution in [0.25, 0.3) is 0 Å². The van der Waals surface area contributed by atoms with Gasteiger partial charge in [-0.3, -0.25) is 0 Å². The molecule has 2 aliphatic rings. The lowest BCUT2D eigenvalue weighted by atomic mass is 10.1. The van der Waals surface area contributed by atoms with Gasteiger partial charge in [0.15, 0.2) is 0 Å². The predicted octanol–water partition coefficient (Wildman–Crippen LogP) is 4.04. The first kappa shape index (κ1) is 17.8. The second kappa shape index (κ2) is 7.59. The van der Waals surface area contributed by atoms with Crippen LogP contribution in [0, 0.1) is 12.7 Å². The highest BCUT2D eigenvalue weighted by molar-refractivity contribution is 5.75. The van der Waals surface area contributed by atoms with E-state index in [1.54, 1.807) is 6.07 Å². The molecule has 0 saturated carbocycles. The molecule has 1 N–H and O–H groups in total. The Morgan fingerprint density at radius 2 is 1.89 bits per heavy atom. The number of nitrogens with zero attached hydrogens (tertiary/aromatic N) is 2. The Kier molecular flexibility index (Phi) is 5.01. The van der Waals surface area contributed by atoms with Crippen LogP contribution in [0.5, 0.6) is 0 Å². The molecule has 1 fully saturated rings. The molecule has 0 radical (unpaired) electrons. The van der Waals surface area contributed by atoms with E-state index in [2.05, 4.69) is 41.4 Å². The molecule has 1 saturated heterocycles. The largest absolute Gasteiger partial charge is 0.370 e. The number of urea groups is 1. The van der Waals surface area contributed by atoms with Crippen molar-refractivity contribution in [3.05, 3.63) is 65.0 Å². The monoisotopic (exact) mass is 367 g/mol. The Morgan fingerprint density at radius 3 is 2.70 bits per heavy atom. The van der Waals surface area contributed by atoms with Gasteiger partial charge in [0.05, 0.1) is 6.04 Å². The molecule has 1 aliphatic heterocycles. The second-order valence-electron chi connectivity index (χ2n) is 7.51. The summed E-state index contributed by atoms with van der Waals surface area (Å²) in [5, 5.41) is 3.12. The highest BCUT2D eigenvalue weighted by Gasteiger charge is 2.28. The quantitative estimate of drug-likeness (QED) is 0.869. The average molecular weight is 367 g/mol. The lowest BCUT2D eigenvalue weighted by Gasteiger charge is -2.25. The fourth-order valence-corrected chi connectivity index (χ4v) is 4.13. The first-order chi connectivity index (χ1) is 13.1. The van der Waals surface area contributed by atoms with Crippen LogP contribution in [-0.2, 0) is 6.42 Å². The zero-order valence-corrected chi connectivity index (χ0v) is 15.7. The molecule has 5 heteroatoms. The van der Waals surface area contributed by atoms with Crippen LogP contribution < -0.4 is 10.2 Å². The second-order valence-corrected chi connectivity index (χ2v) is 7.51. The fraction of sp³-hybridized carbons (Fsp3) is 0.409. The third-order valence-corrected chi connectivity index (χ3v) is 5.69. The number of anilines is 1. The molecule has 0 spiro atoms. The van der Waals surface area contributed by atoms with Crippen molar-refractivity contribution in [1.29, 1.82) is 0 Å². The highest BCUT2D eigenvalue weighted by atomic mass is 19.1. The van der Waals surface area contributed by atoms with Crippen molar-refractivity contribution in [2.45, 2.75) is 32.2 Å². The number of nitrogens with one attached hydrogen (secondary N) is 1. The molecule has 1 heterocycles. The maximum absolute atomic E-state index is 13.9. The summed E-state index contributed by atoms with van der Waals surface area (Å²) in [6, 6.07) is 13.6. The van der Waals surface area contributed by atoms with E-state index in [0.29, 0.717) is 13.0 Å². The van der Waals surface area contributed by atoms with Gasteiger partial charge < -0.3 is 15.1 Å². The predicted molar refractivity (Wildman–Crippen MR) is 106 cm³/mol. The van der Waals surface area contributed by atoms with Crippen LogP contribution in [0.3, 0.4) is 0 Å². The Labute approximate surface area is 160 Å². The number of benzene rings is 2. The van der Waals surface area contributed by atoms with Crippen molar-refractivity contribution in [3.8, 4) is 0 Å². The molecule has 1 unspecified atom stereocenters. The smallest absolute Gasteiger partial charge is 0.317 e. The molecule has 4 nitrogen and oxygen atoms in total. The lowest BCUT2D eigenvalue weighted by Crippen LogP contribution is -2.43. The van der Waals surface area contributed by atoms with Crippen molar-refractivity contribution >= 4 is 11.7 Å². The zero-order chi connectivity index (χ0) is 18.8. The standard InChI is InChI=1S/C22H26FN3O/c1-16-6-8-17(9-7-16)25-12-3-13-26(15-14-25)22(27)24-21-11-10-18-19(21)4-2-5-20(18)23/h2,4-9,21H,3,10-15H2,1H3,(H,24,27). The molecule has 2 aromatic rings. The van der Waals surface area contributed by atoms with Gasteiger partial charge in [0.2, 0.25) is 0 Å². The van der Waals surface area contributed by atoms with Gasteiger partial charge in [0, 0.05) is 31.9 Å². The van der Waals surface area contributed by atoms with Gasteiger partial charge >= 0.3 is 6.03 Å². The maximum Gasteiger partial charge on any atom is 0.317 e. The minimum Gasteiger partial charge on any atom is -0.370 e. The summed E-state index contributed by atoms with van der Waals surface area (Å²) in [5.41, 5.74) is 4.15. The summed E-state index contributed by atoms with van der Waals surface area (Å²) in [6.07, 6.45) is 2.40. The zero-order valence-electron chi connectivity index (χ0n) is 15.7. The summed E-state index contributed by atoms with van der Waals surface area (Å²) in [6.45, 7) is 5.31. The van der Waals surface area contributed by atoms with E-state index in [9.17, 15) is 9.18 Å². The van der Waals surface area contributed by atoms with Gasteiger partial charge in [0.25, 0.3) is 0 Å². The molecule has 4 rings (SSSR count). The van der Waals surface area contributed by atoms with Crippen molar-refractivity contribution < 1.29 is 9.18 Å². The molecule has 2 aromatic carbocycles. The van der Waals surface area contributed by atoms with E-state index in [1.165, 1.54) is 17.3 Å². The number of carbonyl (C=O) groups excluding carboxylic acids is 1. The molecule has 27 heavy (non-hydrogen) atoms. The number of hydrogen-bond acceptors (Lipinski definition) is 2. The number of rotatable bonds is 2. The van der Waals surface area contributed by atoms with Gasteiger partial charge in [0.1, 0.15) is 5.82 Å². The van der Waals surface area contributed by atoms with Crippen LogP contribution in [0.2, 0.25) is 0 Å². The minimum atomic E-state index is -0.159. The van der Waals surface area contributed by atoms with Gasteiger partial charge in [-0.15, -0.1) is 0 Å². The van der Waals surface area contributed by atoms with Gasteiger partial charge in [-0.2, -0.15) is 0 Å². The Balaban J connectivity index is 1.38. The van der Waals surface area contributed by atoms with E-state index < -0.39 is 0 Å². The normalized spacial score (nSPS) is 19.6. The molecule has 1 atom stereocenters. The number of fused-ring (bicyclic) bond motifs is 1. The summed E-state index contributed by atoms with van der Waals surface area (Å²) >= 11 is 0. The Hall–Kier alpha value is -2.56. The number of aryl methyl sites for hydroxylation is 1. The van der Waals surface area contributed by atoms with E-state index >= 15 is 0 Å². The third-order valence-electron chi connectivity index (χ3n) is 5.69. The third kappa shape index (κ3) is 3.77. The number of halogens is 1. The van der Waals surface area contributed by atoms with Gasteiger partial charge in [-0.25, -0.2) is 9.18 Å². The number of carbonyl (C=O) groups is 1. The van der Waals surface area contributed by atoms with Crippen LogP contribution in [0.4, 0.5) is 14.9 Å². The van der Waals surface area contributed by atoms with Crippen molar-refractivity contribution in [3.63, 3.8) is 0 Å². The SMILES string of the molecule is Cc1ccc(N2CCCN(C(=O)NC3CCc4c(F)cccc43)CC2)cc1. The molecule has 2 amide bonds. The Bertz CT molecular complexity index is 821. The van der Waals surface area contributed by atoms with E-state index in [4.69, 9.17) is 0 Å². The summed E-state index contributed by atoms with van der Waals surface area (Å²) in [4.78, 5) is 17.0. The van der Waals surface area contributed by atoms with Crippen LogP contribution >= 0.6 is 0 Å².